The van der Waals surface area contributed by atoms with E-state index in [2.05, 4.69) is 0 Å². The fourth-order valence-electron chi connectivity index (χ4n) is 3.19. The summed E-state index contributed by atoms with van der Waals surface area (Å²) in [5.41, 5.74) is 2.45. The largest absolute Gasteiger partial charge is 0.270 e. The molecule has 0 unspecified atom stereocenters. The zero-order chi connectivity index (χ0) is 19.9. The molecule has 0 saturated carbocycles. The maximum absolute atomic E-state index is 12.7. The van der Waals surface area contributed by atoms with Crippen LogP contribution in [0, 0.1) is 6.92 Å². The molecule has 5 nitrogen and oxygen atoms in total. The number of imide groups is 1. The standard InChI is InChI=1S/C22H17NO4S/c1-15-6-10-17(11-7-15)28(26,27)18-12-8-16(9-13-18)14-23-21(24)19-4-2-3-5-20(19)22(23)25/h2-13H,14H2,1H3. The lowest BCUT2D eigenvalue weighted by Gasteiger charge is -2.14. The zero-order valence-electron chi connectivity index (χ0n) is 15.1. The van der Waals surface area contributed by atoms with Gasteiger partial charge in [-0.25, -0.2) is 8.42 Å². The molecular formula is C22H17NO4S. The maximum Gasteiger partial charge on any atom is 0.261 e. The lowest BCUT2D eigenvalue weighted by Crippen LogP contribution is -2.29. The first-order chi connectivity index (χ1) is 13.4. The molecular weight excluding hydrogens is 374 g/mol. The first kappa shape index (κ1) is 18.1. The van der Waals surface area contributed by atoms with Gasteiger partial charge in [0, 0.05) is 0 Å². The van der Waals surface area contributed by atoms with E-state index in [1.807, 2.05) is 6.92 Å². The van der Waals surface area contributed by atoms with E-state index < -0.39 is 9.84 Å². The highest BCUT2D eigenvalue weighted by molar-refractivity contribution is 7.91. The van der Waals surface area contributed by atoms with Gasteiger partial charge in [-0.05, 0) is 48.9 Å². The Kier molecular flexibility index (Phi) is 4.35. The summed E-state index contributed by atoms with van der Waals surface area (Å²) < 4.78 is 25.5. The second-order valence-corrected chi connectivity index (χ2v) is 8.65. The van der Waals surface area contributed by atoms with Crippen LogP contribution in [0.1, 0.15) is 31.8 Å². The third kappa shape index (κ3) is 3.01. The number of sulfone groups is 1. The number of nitrogens with zero attached hydrogens (tertiary/aromatic N) is 1. The molecule has 1 aliphatic heterocycles. The molecule has 0 bridgehead atoms. The van der Waals surface area contributed by atoms with Gasteiger partial charge in [0.05, 0.1) is 27.5 Å². The van der Waals surface area contributed by atoms with E-state index in [-0.39, 0.29) is 28.2 Å². The molecule has 3 aromatic carbocycles. The quantitative estimate of drug-likeness (QED) is 0.637. The number of carbonyl (C=O) groups is 2. The lowest BCUT2D eigenvalue weighted by atomic mass is 10.1. The summed E-state index contributed by atoms with van der Waals surface area (Å²) in [6.45, 7) is 1.99. The number of aryl methyl sites for hydroxylation is 1. The highest BCUT2D eigenvalue weighted by Crippen LogP contribution is 2.26. The number of benzene rings is 3. The van der Waals surface area contributed by atoms with Gasteiger partial charge in [0.25, 0.3) is 11.8 Å². The summed E-state index contributed by atoms with van der Waals surface area (Å²) in [4.78, 5) is 26.5. The van der Waals surface area contributed by atoms with E-state index in [9.17, 15) is 18.0 Å². The summed E-state index contributed by atoms with van der Waals surface area (Å²) in [6.07, 6.45) is 0. The molecule has 3 aromatic rings. The Morgan fingerprint density at radius 1 is 0.714 bits per heavy atom. The number of hydrogen-bond donors (Lipinski definition) is 0. The minimum atomic E-state index is -3.61. The highest BCUT2D eigenvalue weighted by atomic mass is 32.2. The average Bonchev–Trinajstić information content (AvgIpc) is 2.94. The Balaban J connectivity index is 1.57. The van der Waals surface area contributed by atoms with Crippen LogP contribution in [0.15, 0.2) is 82.6 Å². The van der Waals surface area contributed by atoms with Gasteiger partial charge in [-0.1, -0.05) is 42.0 Å². The Morgan fingerprint density at radius 3 is 1.68 bits per heavy atom. The Labute approximate surface area is 163 Å². The van der Waals surface area contributed by atoms with Crippen LogP contribution >= 0.6 is 0 Å². The minimum Gasteiger partial charge on any atom is -0.270 e. The van der Waals surface area contributed by atoms with Crippen molar-refractivity contribution in [3.05, 3.63) is 95.1 Å². The summed E-state index contributed by atoms with van der Waals surface area (Å²) in [6, 6.07) is 19.6. The molecule has 0 saturated heterocycles. The van der Waals surface area contributed by atoms with Crippen LogP contribution in [0.2, 0.25) is 0 Å². The van der Waals surface area contributed by atoms with Crippen molar-refractivity contribution in [2.45, 2.75) is 23.3 Å². The average molecular weight is 391 g/mol. The normalized spacial score (nSPS) is 13.7. The Morgan fingerprint density at radius 2 is 1.18 bits per heavy atom. The number of fused-ring (bicyclic) bond motifs is 1. The molecule has 140 valence electrons. The SMILES string of the molecule is Cc1ccc(S(=O)(=O)c2ccc(CN3C(=O)c4ccccc4C3=O)cc2)cc1. The third-order valence-electron chi connectivity index (χ3n) is 4.78. The van der Waals surface area contributed by atoms with Crippen LogP contribution in [0.25, 0.3) is 0 Å². The molecule has 4 rings (SSSR count). The van der Waals surface area contributed by atoms with Crippen LogP contribution in [0.3, 0.4) is 0 Å². The smallest absolute Gasteiger partial charge is 0.261 e. The molecule has 0 aliphatic carbocycles. The van der Waals surface area contributed by atoms with Crippen molar-refractivity contribution in [1.29, 1.82) is 0 Å². The second kappa shape index (κ2) is 6.73. The molecule has 0 spiro atoms. The molecule has 6 heteroatoms. The summed E-state index contributed by atoms with van der Waals surface area (Å²) in [7, 11) is -3.61. The Hall–Kier alpha value is -3.25. The lowest BCUT2D eigenvalue weighted by molar-refractivity contribution is 0.0642. The molecule has 0 atom stereocenters. The predicted molar refractivity (Wildman–Crippen MR) is 104 cm³/mol. The zero-order valence-corrected chi connectivity index (χ0v) is 15.9. The molecule has 2 amide bonds. The van der Waals surface area contributed by atoms with E-state index in [0.717, 1.165) is 5.56 Å². The van der Waals surface area contributed by atoms with Crippen molar-refractivity contribution >= 4 is 21.7 Å². The van der Waals surface area contributed by atoms with E-state index in [0.29, 0.717) is 16.7 Å². The molecule has 28 heavy (non-hydrogen) atoms. The second-order valence-electron chi connectivity index (χ2n) is 6.70. The van der Waals surface area contributed by atoms with Crippen molar-refractivity contribution in [2.75, 3.05) is 0 Å². The van der Waals surface area contributed by atoms with Crippen molar-refractivity contribution in [1.82, 2.24) is 4.90 Å². The summed E-state index contributed by atoms with van der Waals surface area (Å²) in [5, 5.41) is 0. The van der Waals surface area contributed by atoms with Crippen LogP contribution in [-0.2, 0) is 16.4 Å². The van der Waals surface area contributed by atoms with E-state index in [4.69, 9.17) is 0 Å². The van der Waals surface area contributed by atoms with Crippen molar-refractivity contribution in [3.8, 4) is 0 Å². The number of rotatable bonds is 4. The Bertz CT molecular complexity index is 1140. The fourth-order valence-corrected chi connectivity index (χ4v) is 4.45. The first-order valence-electron chi connectivity index (χ1n) is 8.74. The van der Waals surface area contributed by atoms with E-state index >= 15 is 0 Å². The molecule has 1 heterocycles. The molecule has 0 aromatic heterocycles. The van der Waals surface area contributed by atoms with E-state index in [1.165, 1.54) is 17.0 Å². The predicted octanol–water partition coefficient (Wildman–Crippen LogP) is 3.62. The molecule has 1 aliphatic rings. The van der Waals surface area contributed by atoms with Crippen LogP contribution in [0.4, 0.5) is 0 Å². The van der Waals surface area contributed by atoms with E-state index in [1.54, 1.807) is 60.7 Å². The van der Waals surface area contributed by atoms with Gasteiger partial charge in [0.2, 0.25) is 9.84 Å². The van der Waals surface area contributed by atoms with Crippen molar-refractivity contribution < 1.29 is 18.0 Å². The monoisotopic (exact) mass is 391 g/mol. The fraction of sp³-hybridized carbons (Fsp3) is 0.0909. The summed E-state index contributed by atoms with van der Waals surface area (Å²) >= 11 is 0. The van der Waals surface area contributed by atoms with Crippen molar-refractivity contribution in [2.24, 2.45) is 0 Å². The maximum atomic E-state index is 12.7. The van der Waals surface area contributed by atoms with Gasteiger partial charge >= 0.3 is 0 Å². The number of carbonyl (C=O) groups excluding carboxylic acids is 2. The number of hydrogen-bond acceptors (Lipinski definition) is 4. The van der Waals surface area contributed by atoms with Crippen LogP contribution < -0.4 is 0 Å². The first-order valence-corrected chi connectivity index (χ1v) is 10.2. The highest BCUT2D eigenvalue weighted by Gasteiger charge is 2.34. The van der Waals surface area contributed by atoms with Gasteiger partial charge in [0.15, 0.2) is 0 Å². The molecule has 0 radical (unpaired) electrons. The molecule has 0 fully saturated rings. The van der Waals surface area contributed by atoms with Crippen molar-refractivity contribution in [3.63, 3.8) is 0 Å². The topological polar surface area (TPSA) is 71.5 Å². The minimum absolute atomic E-state index is 0.0945. The van der Waals surface area contributed by atoms with Gasteiger partial charge in [-0.15, -0.1) is 0 Å². The van der Waals surface area contributed by atoms with Crippen LogP contribution in [-0.4, -0.2) is 25.1 Å². The third-order valence-corrected chi connectivity index (χ3v) is 6.57. The van der Waals surface area contributed by atoms with Gasteiger partial charge in [0.1, 0.15) is 0 Å². The van der Waals surface area contributed by atoms with Gasteiger partial charge in [-0.3, -0.25) is 14.5 Å². The number of amides is 2. The van der Waals surface area contributed by atoms with Gasteiger partial charge < -0.3 is 0 Å². The summed E-state index contributed by atoms with van der Waals surface area (Å²) in [5.74, 6) is -0.672. The van der Waals surface area contributed by atoms with Crippen LogP contribution in [0.5, 0.6) is 0 Å². The molecule has 0 N–H and O–H groups in total. The van der Waals surface area contributed by atoms with Gasteiger partial charge in [-0.2, -0.15) is 0 Å².